The van der Waals surface area contributed by atoms with Crippen molar-refractivity contribution in [1.29, 1.82) is 0 Å². The molecule has 0 saturated carbocycles. The molecule has 0 spiro atoms. The second kappa shape index (κ2) is 9.51. The molecule has 0 amide bonds. The predicted octanol–water partition coefficient (Wildman–Crippen LogP) is 5.09. The number of nitrogens with zero attached hydrogens (tertiary/aromatic N) is 2. The van der Waals surface area contributed by atoms with E-state index in [1.54, 1.807) is 18.3 Å². The molecule has 2 aromatic carbocycles. The summed E-state index contributed by atoms with van der Waals surface area (Å²) in [6.45, 7) is 0. The van der Waals surface area contributed by atoms with Crippen molar-refractivity contribution < 1.29 is 23.1 Å². The Kier molecular flexibility index (Phi) is 6.35. The summed E-state index contributed by atoms with van der Waals surface area (Å²) in [4.78, 5) is 21.0. The Morgan fingerprint density at radius 1 is 1.00 bits per heavy atom. The monoisotopic (exact) mass is 434 g/mol. The molecule has 2 heterocycles. The highest BCUT2D eigenvalue weighted by molar-refractivity contribution is 5.70. The van der Waals surface area contributed by atoms with Crippen LogP contribution in [-0.2, 0) is 24.1 Å². The zero-order chi connectivity index (χ0) is 22.5. The first-order valence-electron chi connectivity index (χ1n) is 10.1. The van der Waals surface area contributed by atoms with Gasteiger partial charge in [-0.05, 0) is 35.9 Å². The summed E-state index contributed by atoms with van der Waals surface area (Å²) < 4.78 is 33.4. The molecule has 162 valence electrons. The molecule has 0 aliphatic carbocycles. The van der Waals surface area contributed by atoms with Crippen molar-refractivity contribution >= 4 is 5.97 Å². The van der Waals surface area contributed by atoms with E-state index in [9.17, 15) is 18.7 Å². The predicted molar refractivity (Wildman–Crippen MR) is 114 cm³/mol. The molecule has 7 heteroatoms. The van der Waals surface area contributed by atoms with E-state index in [0.29, 0.717) is 22.8 Å². The van der Waals surface area contributed by atoms with Gasteiger partial charge < -0.3 is 9.52 Å². The van der Waals surface area contributed by atoms with E-state index in [1.165, 1.54) is 6.26 Å². The first-order valence-corrected chi connectivity index (χ1v) is 10.1. The minimum Gasteiger partial charge on any atom is -0.481 e. The Labute approximate surface area is 183 Å². The highest BCUT2D eigenvalue weighted by atomic mass is 19.1. The van der Waals surface area contributed by atoms with Gasteiger partial charge in [0.05, 0.1) is 35.5 Å². The molecule has 0 radical (unpaired) electrons. The van der Waals surface area contributed by atoms with Crippen molar-refractivity contribution in [1.82, 2.24) is 9.97 Å². The summed E-state index contributed by atoms with van der Waals surface area (Å²) in [5.74, 6) is -2.39. The number of furan rings is 1. The Bertz CT molecular complexity index is 1210. The van der Waals surface area contributed by atoms with Crippen molar-refractivity contribution in [2.24, 2.45) is 5.92 Å². The molecule has 0 aliphatic rings. The number of hydrogen-bond donors (Lipinski definition) is 1. The normalized spacial score (nSPS) is 11.9. The van der Waals surface area contributed by atoms with Crippen LogP contribution in [0, 0.1) is 17.6 Å². The van der Waals surface area contributed by atoms with E-state index in [4.69, 9.17) is 4.42 Å². The number of aliphatic carboxylic acids is 1. The number of carbonyl (C=O) groups is 1. The summed E-state index contributed by atoms with van der Waals surface area (Å²) in [6.07, 6.45) is 3.30. The van der Waals surface area contributed by atoms with Gasteiger partial charge in [0.2, 0.25) is 0 Å². The van der Waals surface area contributed by atoms with Gasteiger partial charge >= 0.3 is 5.97 Å². The van der Waals surface area contributed by atoms with Crippen LogP contribution in [0.25, 0.3) is 11.3 Å². The van der Waals surface area contributed by atoms with Gasteiger partial charge in [0.15, 0.2) is 0 Å². The minimum atomic E-state index is -1.00. The number of hydrogen-bond acceptors (Lipinski definition) is 4. The molecule has 32 heavy (non-hydrogen) atoms. The van der Waals surface area contributed by atoms with Crippen LogP contribution in [0.2, 0.25) is 0 Å². The minimum absolute atomic E-state index is 0.0142. The average Bonchev–Trinajstić information content (AvgIpc) is 3.30. The number of carboxylic acid groups (broad SMARTS) is 1. The fourth-order valence-electron chi connectivity index (χ4n) is 3.52. The Morgan fingerprint density at radius 3 is 2.53 bits per heavy atom. The average molecular weight is 434 g/mol. The molecule has 0 saturated heterocycles. The van der Waals surface area contributed by atoms with Crippen LogP contribution in [0.15, 0.2) is 77.5 Å². The molecule has 0 aliphatic heterocycles. The third-order valence-corrected chi connectivity index (χ3v) is 5.18. The van der Waals surface area contributed by atoms with Gasteiger partial charge in [-0.2, -0.15) is 0 Å². The number of rotatable bonds is 8. The van der Waals surface area contributed by atoms with Crippen molar-refractivity contribution in [3.05, 3.63) is 107 Å². The van der Waals surface area contributed by atoms with Crippen LogP contribution < -0.4 is 0 Å². The maximum absolute atomic E-state index is 14.3. The maximum atomic E-state index is 14.3. The molecule has 2 aromatic heterocycles. The lowest BCUT2D eigenvalue weighted by atomic mass is 9.95. The summed E-state index contributed by atoms with van der Waals surface area (Å²) in [5.41, 5.74) is 2.34. The molecular weight excluding hydrogens is 414 g/mol. The molecular formula is C25H20F2N2O3. The zero-order valence-electron chi connectivity index (χ0n) is 17.0. The van der Waals surface area contributed by atoms with Gasteiger partial charge in [-0.15, -0.1) is 0 Å². The SMILES string of the molecule is O=C(O)C(Cc1ccco1)Cc1ncc(-c2ccccc2)nc1Cc1cc(F)ccc1F. The Balaban J connectivity index is 1.71. The largest absolute Gasteiger partial charge is 0.481 e. The van der Waals surface area contributed by atoms with E-state index < -0.39 is 23.5 Å². The highest BCUT2D eigenvalue weighted by Gasteiger charge is 2.23. The zero-order valence-corrected chi connectivity index (χ0v) is 17.0. The molecule has 1 atom stereocenters. The first kappa shape index (κ1) is 21.4. The number of halogens is 2. The summed E-state index contributed by atoms with van der Waals surface area (Å²) in [5, 5.41) is 9.73. The number of aromatic nitrogens is 2. The third-order valence-electron chi connectivity index (χ3n) is 5.18. The molecule has 4 aromatic rings. The fourth-order valence-corrected chi connectivity index (χ4v) is 3.52. The summed E-state index contributed by atoms with van der Waals surface area (Å²) >= 11 is 0. The highest BCUT2D eigenvalue weighted by Crippen LogP contribution is 2.23. The van der Waals surface area contributed by atoms with Crippen LogP contribution in [0.4, 0.5) is 8.78 Å². The smallest absolute Gasteiger partial charge is 0.307 e. The molecule has 0 bridgehead atoms. The van der Waals surface area contributed by atoms with Gasteiger partial charge in [-0.25, -0.2) is 13.8 Å². The molecule has 4 rings (SSSR count). The van der Waals surface area contributed by atoms with Gasteiger partial charge in [-0.3, -0.25) is 9.78 Å². The van der Waals surface area contributed by atoms with Gasteiger partial charge in [0.1, 0.15) is 17.4 Å². The summed E-state index contributed by atoms with van der Waals surface area (Å²) in [7, 11) is 0. The lowest BCUT2D eigenvalue weighted by Gasteiger charge is -2.15. The van der Waals surface area contributed by atoms with E-state index >= 15 is 0 Å². The lowest BCUT2D eigenvalue weighted by molar-refractivity contribution is -0.141. The van der Waals surface area contributed by atoms with Crippen LogP contribution in [0.5, 0.6) is 0 Å². The lowest BCUT2D eigenvalue weighted by Crippen LogP contribution is -2.21. The topological polar surface area (TPSA) is 76.2 Å². The van der Waals surface area contributed by atoms with Crippen LogP contribution in [0.1, 0.15) is 22.7 Å². The number of carboxylic acids is 1. The Morgan fingerprint density at radius 2 is 1.81 bits per heavy atom. The molecule has 5 nitrogen and oxygen atoms in total. The van der Waals surface area contributed by atoms with E-state index in [1.807, 2.05) is 30.3 Å². The van der Waals surface area contributed by atoms with Crippen molar-refractivity contribution in [3.63, 3.8) is 0 Å². The van der Waals surface area contributed by atoms with Crippen molar-refractivity contribution in [2.75, 3.05) is 0 Å². The number of benzene rings is 2. The molecule has 1 unspecified atom stereocenters. The summed E-state index contributed by atoms with van der Waals surface area (Å²) in [6, 6.07) is 16.0. The van der Waals surface area contributed by atoms with Crippen LogP contribution >= 0.6 is 0 Å². The van der Waals surface area contributed by atoms with Crippen molar-refractivity contribution in [2.45, 2.75) is 19.3 Å². The second-order valence-corrected chi connectivity index (χ2v) is 7.45. The fraction of sp³-hybridized carbons (Fsp3) is 0.160. The third kappa shape index (κ3) is 5.06. The first-order chi connectivity index (χ1) is 15.5. The maximum Gasteiger partial charge on any atom is 0.307 e. The van der Waals surface area contributed by atoms with Crippen LogP contribution in [0.3, 0.4) is 0 Å². The van der Waals surface area contributed by atoms with E-state index in [0.717, 1.165) is 23.8 Å². The Hall–Kier alpha value is -3.87. The van der Waals surface area contributed by atoms with Gasteiger partial charge in [-0.1, -0.05) is 30.3 Å². The molecule has 1 N–H and O–H groups in total. The second-order valence-electron chi connectivity index (χ2n) is 7.45. The van der Waals surface area contributed by atoms with Gasteiger partial charge in [0, 0.05) is 24.8 Å². The van der Waals surface area contributed by atoms with E-state index in [2.05, 4.69) is 9.97 Å². The van der Waals surface area contributed by atoms with Crippen LogP contribution in [-0.4, -0.2) is 21.0 Å². The standard InChI is InChI=1S/C25H20F2N2O3/c26-19-8-9-21(27)17(11-19)13-23-22(14-18(25(30)31)12-20-7-4-10-32-20)28-15-24(29-23)16-5-2-1-3-6-16/h1-11,15,18H,12-14H2,(H,30,31). The quantitative estimate of drug-likeness (QED) is 0.418. The van der Waals surface area contributed by atoms with Crippen molar-refractivity contribution in [3.8, 4) is 11.3 Å². The van der Waals surface area contributed by atoms with Gasteiger partial charge in [0.25, 0.3) is 0 Å². The molecule has 0 fully saturated rings. The van der Waals surface area contributed by atoms with E-state index in [-0.39, 0.29) is 24.8 Å².